The molecular weight excluding hydrogens is 328 g/mol. The molecule has 2 rings (SSSR count). The van der Waals surface area contributed by atoms with Crippen LogP contribution in [-0.2, 0) is 10.2 Å². The summed E-state index contributed by atoms with van der Waals surface area (Å²) in [4.78, 5) is 11.6. The first-order chi connectivity index (χ1) is 12.3. The summed E-state index contributed by atoms with van der Waals surface area (Å²) in [6, 6.07) is 14.9. The molecule has 0 heterocycles. The van der Waals surface area contributed by atoms with Crippen molar-refractivity contribution in [1.82, 2.24) is 0 Å². The van der Waals surface area contributed by atoms with Crippen molar-refractivity contribution in [2.45, 2.75) is 45.4 Å². The Morgan fingerprint density at radius 3 is 2.23 bits per heavy atom. The topological polar surface area (TPSA) is 66.8 Å². The Morgan fingerprint density at radius 2 is 1.65 bits per heavy atom. The summed E-state index contributed by atoms with van der Waals surface area (Å²) in [5, 5.41) is 18.9. The van der Waals surface area contributed by atoms with Crippen molar-refractivity contribution < 1.29 is 19.7 Å². The van der Waals surface area contributed by atoms with Gasteiger partial charge >= 0.3 is 5.97 Å². The van der Waals surface area contributed by atoms with Crippen LogP contribution < -0.4 is 4.74 Å². The van der Waals surface area contributed by atoms with Crippen molar-refractivity contribution in [2.75, 3.05) is 6.61 Å². The van der Waals surface area contributed by atoms with Crippen LogP contribution in [-0.4, -0.2) is 22.8 Å². The molecule has 0 amide bonds. The predicted molar refractivity (Wildman–Crippen MR) is 103 cm³/mol. The molecule has 0 spiro atoms. The summed E-state index contributed by atoms with van der Waals surface area (Å²) in [6.07, 6.45) is 1.81. The van der Waals surface area contributed by atoms with Gasteiger partial charge in [0.25, 0.3) is 0 Å². The molecule has 0 saturated carbocycles. The van der Waals surface area contributed by atoms with Crippen molar-refractivity contribution in [3.05, 3.63) is 59.7 Å². The first-order valence-corrected chi connectivity index (χ1v) is 9.00. The number of phenolic OH excluding ortho intramolecular Hbond substituents is 1. The maximum Gasteiger partial charge on any atom is 0.306 e. The third-order valence-electron chi connectivity index (χ3n) is 4.87. The molecule has 1 unspecified atom stereocenters. The van der Waals surface area contributed by atoms with Gasteiger partial charge in [-0.1, -0.05) is 43.7 Å². The number of aromatic hydroxyl groups is 1. The number of carboxylic acids is 1. The van der Waals surface area contributed by atoms with Gasteiger partial charge in [0.05, 0.1) is 12.5 Å². The Morgan fingerprint density at radius 1 is 1.04 bits per heavy atom. The highest BCUT2D eigenvalue weighted by Gasteiger charge is 2.25. The molecular formula is C22H28O4. The van der Waals surface area contributed by atoms with Crippen LogP contribution in [0.3, 0.4) is 0 Å². The zero-order chi connectivity index (χ0) is 19.2. The molecule has 4 nitrogen and oxygen atoms in total. The van der Waals surface area contributed by atoms with Gasteiger partial charge in [0.2, 0.25) is 0 Å². The van der Waals surface area contributed by atoms with E-state index in [4.69, 9.17) is 4.74 Å². The molecule has 140 valence electrons. The molecule has 0 aromatic heterocycles. The van der Waals surface area contributed by atoms with Gasteiger partial charge in [-0.2, -0.15) is 0 Å². The monoisotopic (exact) mass is 356 g/mol. The fraction of sp³-hybridized carbons (Fsp3) is 0.409. The number of rotatable bonds is 9. The van der Waals surface area contributed by atoms with E-state index in [0.717, 1.165) is 23.3 Å². The lowest BCUT2D eigenvalue weighted by molar-refractivity contribution is -0.142. The number of carbonyl (C=O) groups is 1. The second kappa shape index (κ2) is 8.75. The average molecular weight is 356 g/mol. The van der Waals surface area contributed by atoms with E-state index in [1.54, 1.807) is 12.1 Å². The number of hydrogen-bond donors (Lipinski definition) is 2. The highest BCUT2D eigenvalue weighted by molar-refractivity contribution is 5.69. The van der Waals surface area contributed by atoms with Gasteiger partial charge in [0.15, 0.2) is 0 Å². The molecule has 4 heteroatoms. The molecule has 0 saturated heterocycles. The largest absolute Gasteiger partial charge is 0.508 e. The number of benzene rings is 2. The number of aliphatic carboxylic acids is 1. The van der Waals surface area contributed by atoms with Crippen molar-refractivity contribution >= 4 is 5.97 Å². The van der Waals surface area contributed by atoms with Gasteiger partial charge in [-0.3, -0.25) is 4.79 Å². The number of phenols is 1. The van der Waals surface area contributed by atoms with E-state index in [9.17, 15) is 15.0 Å². The maximum absolute atomic E-state index is 11.6. The van der Waals surface area contributed by atoms with Crippen LogP contribution in [0.5, 0.6) is 11.5 Å². The number of hydrogen-bond acceptors (Lipinski definition) is 3. The fourth-order valence-electron chi connectivity index (χ4n) is 2.94. The zero-order valence-corrected chi connectivity index (χ0v) is 15.7. The van der Waals surface area contributed by atoms with E-state index in [1.807, 2.05) is 43.3 Å². The SMILES string of the molecule is Cc1ccc(OCCC(CCC(C)(C)c2ccc(O)cc2)C(=O)O)cc1. The third-order valence-corrected chi connectivity index (χ3v) is 4.87. The van der Waals surface area contributed by atoms with Gasteiger partial charge in [0, 0.05) is 0 Å². The minimum atomic E-state index is -0.779. The van der Waals surface area contributed by atoms with Crippen LogP contribution in [0, 0.1) is 12.8 Å². The molecule has 2 N–H and O–H groups in total. The van der Waals surface area contributed by atoms with Crippen molar-refractivity contribution in [2.24, 2.45) is 5.92 Å². The van der Waals surface area contributed by atoms with Crippen molar-refractivity contribution in [1.29, 1.82) is 0 Å². The normalized spacial score (nSPS) is 12.6. The first kappa shape index (κ1) is 19.8. The maximum atomic E-state index is 11.6. The highest BCUT2D eigenvalue weighted by atomic mass is 16.5. The lowest BCUT2D eigenvalue weighted by atomic mass is 9.78. The van der Waals surface area contributed by atoms with Crippen LogP contribution in [0.25, 0.3) is 0 Å². The van der Waals surface area contributed by atoms with Crippen molar-refractivity contribution in [3.63, 3.8) is 0 Å². The summed E-state index contributed by atoms with van der Waals surface area (Å²) in [5.74, 6) is -0.207. The van der Waals surface area contributed by atoms with Gasteiger partial charge in [-0.05, 0) is 61.4 Å². The second-order valence-corrected chi connectivity index (χ2v) is 7.45. The molecule has 0 aliphatic heterocycles. The molecule has 0 aliphatic rings. The van der Waals surface area contributed by atoms with E-state index in [-0.39, 0.29) is 11.2 Å². The molecule has 0 fully saturated rings. The van der Waals surface area contributed by atoms with E-state index >= 15 is 0 Å². The van der Waals surface area contributed by atoms with Crippen LogP contribution in [0.4, 0.5) is 0 Å². The molecule has 0 radical (unpaired) electrons. The quantitative estimate of drug-likeness (QED) is 0.669. The Balaban J connectivity index is 1.88. The average Bonchev–Trinajstić information content (AvgIpc) is 2.59. The third kappa shape index (κ3) is 5.80. The van der Waals surface area contributed by atoms with Gasteiger partial charge in [0.1, 0.15) is 11.5 Å². The van der Waals surface area contributed by atoms with Crippen LogP contribution >= 0.6 is 0 Å². The van der Waals surface area contributed by atoms with Gasteiger partial charge in [-0.25, -0.2) is 0 Å². The van der Waals surface area contributed by atoms with Crippen molar-refractivity contribution in [3.8, 4) is 11.5 Å². The predicted octanol–water partition coefficient (Wildman–Crippen LogP) is 4.93. The summed E-state index contributed by atoms with van der Waals surface area (Å²) in [7, 11) is 0. The molecule has 2 aromatic rings. The Labute approximate surface area is 155 Å². The van der Waals surface area contributed by atoms with Gasteiger partial charge < -0.3 is 14.9 Å². The van der Waals surface area contributed by atoms with Gasteiger partial charge in [-0.15, -0.1) is 0 Å². The van der Waals surface area contributed by atoms with E-state index in [1.165, 1.54) is 0 Å². The zero-order valence-electron chi connectivity index (χ0n) is 15.7. The molecule has 0 bridgehead atoms. The summed E-state index contributed by atoms with van der Waals surface area (Å²) in [5.41, 5.74) is 2.10. The summed E-state index contributed by atoms with van der Waals surface area (Å²) < 4.78 is 5.68. The van der Waals surface area contributed by atoms with Crippen LogP contribution in [0.15, 0.2) is 48.5 Å². The number of carboxylic acid groups (broad SMARTS) is 1. The van der Waals surface area contributed by atoms with E-state index in [2.05, 4.69) is 13.8 Å². The minimum Gasteiger partial charge on any atom is -0.508 e. The summed E-state index contributed by atoms with van der Waals surface area (Å²) in [6.45, 7) is 6.60. The lowest BCUT2D eigenvalue weighted by Crippen LogP contribution is -2.23. The van der Waals surface area contributed by atoms with Crippen LogP contribution in [0.1, 0.15) is 44.2 Å². The molecule has 2 aromatic carbocycles. The van der Waals surface area contributed by atoms with E-state index < -0.39 is 11.9 Å². The fourth-order valence-corrected chi connectivity index (χ4v) is 2.94. The Kier molecular flexibility index (Phi) is 6.67. The minimum absolute atomic E-state index is 0.154. The smallest absolute Gasteiger partial charge is 0.306 e. The summed E-state index contributed by atoms with van der Waals surface area (Å²) >= 11 is 0. The van der Waals surface area contributed by atoms with Crippen LogP contribution in [0.2, 0.25) is 0 Å². The molecule has 1 atom stereocenters. The van der Waals surface area contributed by atoms with E-state index in [0.29, 0.717) is 19.4 Å². The number of aryl methyl sites for hydroxylation is 1. The standard InChI is InChI=1S/C22H28O4/c1-16-4-10-20(11-5-16)26-15-13-17(21(24)25)12-14-22(2,3)18-6-8-19(23)9-7-18/h4-11,17,23H,12-15H2,1-3H3,(H,24,25). The molecule has 26 heavy (non-hydrogen) atoms. The Bertz CT molecular complexity index is 702. The first-order valence-electron chi connectivity index (χ1n) is 9.00. The number of ether oxygens (including phenoxy) is 1. The highest BCUT2D eigenvalue weighted by Crippen LogP contribution is 2.31. The molecule has 0 aliphatic carbocycles. The lowest BCUT2D eigenvalue weighted by Gasteiger charge is -2.27. The second-order valence-electron chi connectivity index (χ2n) is 7.45. The Hall–Kier alpha value is -2.49.